The van der Waals surface area contributed by atoms with Gasteiger partial charge in [0.05, 0.1) is 15.7 Å². The van der Waals surface area contributed by atoms with Gasteiger partial charge in [0.25, 0.3) is 0 Å². The highest BCUT2D eigenvalue weighted by Crippen LogP contribution is 2.29. The van der Waals surface area contributed by atoms with E-state index < -0.39 is 11.9 Å². The van der Waals surface area contributed by atoms with Crippen molar-refractivity contribution in [1.82, 2.24) is 9.97 Å². The molecule has 0 unspecified atom stereocenters. The fraction of sp³-hybridized carbons (Fsp3) is 0.0769. The standard InChI is InChI=1S/C13H5F3N2S2/c14-13(15,16)11-6-19-12(18-11)4-2-8-1-3-9-10(5-8)20-7-17-9/h1,3,5-7H. The Hall–Kier alpha value is -1.91. The van der Waals surface area contributed by atoms with Crippen LogP contribution in [0, 0.1) is 11.8 Å². The van der Waals surface area contributed by atoms with Crippen LogP contribution in [0.4, 0.5) is 13.2 Å². The van der Waals surface area contributed by atoms with Crippen molar-refractivity contribution < 1.29 is 13.2 Å². The first-order valence-corrected chi connectivity index (χ1v) is 7.16. The van der Waals surface area contributed by atoms with E-state index in [1.165, 1.54) is 11.3 Å². The van der Waals surface area contributed by atoms with Gasteiger partial charge in [-0.2, -0.15) is 13.2 Å². The monoisotopic (exact) mass is 310 g/mol. The Kier molecular flexibility index (Phi) is 3.20. The van der Waals surface area contributed by atoms with E-state index in [0.717, 1.165) is 32.5 Å². The second-order valence-electron chi connectivity index (χ2n) is 3.82. The average Bonchev–Trinajstić information content (AvgIpc) is 3.04. The van der Waals surface area contributed by atoms with Crippen molar-refractivity contribution in [3.8, 4) is 11.8 Å². The minimum atomic E-state index is -4.42. The van der Waals surface area contributed by atoms with E-state index in [-0.39, 0.29) is 5.01 Å². The number of fused-ring (bicyclic) bond motifs is 1. The highest BCUT2D eigenvalue weighted by molar-refractivity contribution is 7.16. The summed E-state index contributed by atoms with van der Waals surface area (Å²) in [6, 6.07) is 5.48. The number of alkyl halides is 3. The summed E-state index contributed by atoms with van der Waals surface area (Å²) in [5.74, 6) is 5.47. The minimum absolute atomic E-state index is 0.154. The van der Waals surface area contributed by atoms with Crippen LogP contribution < -0.4 is 0 Å². The quantitative estimate of drug-likeness (QED) is 0.582. The molecule has 2 nitrogen and oxygen atoms in total. The van der Waals surface area contributed by atoms with E-state index in [1.54, 1.807) is 11.6 Å². The van der Waals surface area contributed by atoms with Gasteiger partial charge >= 0.3 is 6.18 Å². The smallest absolute Gasteiger partial charge is 0.245 e. The molecule has 0 fully saturated rings. The topological polar surface area (TPSA) is 25.8 Å². The number of hydrogen-bond donors (Lipinski definition) is 0. The van der Waals surface area contributed by atoms with E-state index in [4.69, 9.17) is 0 Å². The van der Waals surface area contributed by atoms with Crippen molar-refractivity contribution in [1.29, 1.82) is 0 Å². The van der Waals surface area contributed by atoms with Gasteiger partial charge in [-0.1, -0.05) is 5.92 Å². The van der Waals surface area contributed by atoms with Crippen LogP contribution in [0.1, 0.15) is 16.3 Å². The Balaban J connectivity index is 1.89. The zero-order valence-corrected chi connectivity index (χ0v) is 11.4. The molecule has 2 aromatic heterocycles. The van der Waals surface area contributed by atoms with Crippen molar-refractivity contribution in [2.24, 2.45) is 0 Å². The summed E-state index contributed by atoms with van der Waals surface area (Å²) in [7, 11) is 0. The Morgan fingerprint density at radius 2 is 1.95 bits per heavy atom. The predicted molar refractivity (Wildman–Crippen MR) is 72.7 cm³/mol. The number of hydrogen-bond acceptors (Lipinski definition) is 4. The van der Waals surface area contributed by atoms with Crippen LogP contribution in [-0.4, -0.2) is 9.97 Å². The Bertz CT molecular complexity index is 821. The summed E-state index contributed by atoms with van der Waals surface area (Å²) < 4.78 is 38.2. The first kappa shape index (κ1) is 13.1. The van der Waals surface area contributed by atoms with Gasteiger partial charge in [-0.25, -0.2) is 9.97 Å². The molecule has 0 N–H and O–H groups in total. The first-order valence-electron chi connectivity index (χ1n) is 5.40. The van der Waals surface area contributed by atoms with Gasteiger partial charge < -0.3 is 0 Å². The number of halogens is 3. The highest BCUT2D eigenvalue weighted by atomic mass is 32.1. The highest BCUT2D eigenvalue weighted by Gasteiger charge is 2.33. The molecule has 0 aliphatic rings. The molecule has 3 rings (SSSR count). The normalized spacial score (nSPS) is 11.3. The van der Waals surface area contributed by atoms with Crippen molar-refractivity contribution in [2.75, 3.05) is 0 Å². The van der Waals surface area contributed by atoms with Gasteiger partial charge in [0, 0.05) is 10.9 Å². The van der Waals surface area contributed by atoms with Crippen LogP contribution in [0.5, 0.6) is 0 Å². The lowest BCUT2D eigenvalue weighted by Crippen LogP contribution is -2.04. The summed E-state index contributed by atoms with van der Waals surface area (Å²) in [6.45, 7) is 0. The van der Waals surface area contributed by atoms with Crippen LogP contribution in [0.25, 0.3) is 10.2 Å². The van der Waals surface area contributed by atoms with Crippen molar-refractivity contribution in [3.63, 3.8) is 0 Å². The molecule has 1 aromatic carbocycles. The Morgan fingerprint density at radius 1 is 1.10 bits per heavy atom. The van der Waals surface area contributed by atoms with Crippen LogP contribution >= 0.6 is 22.7 Å². The fourth-order valence-electron chi connectivity index (χ4n) is 1.52. The Morgan fingerprint density at radius 3 is 2.70 bits per heavy atom. The molecular formula is C13H5F3N2S2. The molecule has 0 saturated carbocycles. The molecule has 0 spiro atoms. The molecule has 0 saturated heterocycles. The SMILES string of the molecule is FC(F)(F)c1csc(C#Cc2ccc3ncsc3c2)n1. The summed E-state index contributed by atoms with van der Waals surface area (Å²) in [5, 5.41) is 1.12. The molecule has 0 bridgehead atoms. The van der Waals surface area contributed by atoms with Crippen LogP contribution in [0.3, 0.4) is 0 Å². The maximum absolute atomic E-state index is 12.4. The molecule has 0 aliphatic carbocycles. The molecule has 7 heteroatoms. The number of rotatable bonds is 0. The van der Waals surface area contributed by atoms with Crippen molar-refractivity contribution in [3.05, 3.63) is 45.4 Å². The summed E-state index contributed by atoms with van der Waals surface area (Å²) in [5.41, 5.74) is 2.45. The lowest BCUT2D eigenvalue weighted by Gasteiger charge is -1.98. The van der Waals surface area contributed by atoms with Gasteiger partial charge in [0.15, 0.2) is 10.7 Å². The van der Waals surface area contributed by atoms with E-state index in [1.807, 2.05) is 12.1 Å². The molecular weight excluding hydrogens is 305 g/mol. The first-order chi connectivity index (χ1) is 9.52. The van der Waals surface area contributed by atoms with E-state index in [2.05, 4.69) is 21.8 Å². The van der Waals surface area contributed by atoms with Crippen LogP contribution in [0.2, 0.25) is 0 Å². The molecule has 0 atom stereocenters. The van der Waals surface area contributed by atoms with E-state index in [9.17, 15) is 13.2 Å². The summed E-state index contributed by atoms with van der Waals surface area (Å²) in [4.78, 5) is 7.60. The van der Waals surface area contributed by atoms with Crippen LogP contribution in [-0.2, 0) is 6.18 Å². The molecule has 0 radical (unpaired) electrons. The lowest BCUT2D eigenvalue weighted by molar-refractivity contribution is -0.140. The van der Waals surface area contributed by atoms with Gasteiger partial charge in [0.2, 0.25) is 0 Å². The molecule has 0 aliphatic heterocycles. The molecule has 20 heavy (non-hydrogen) atoms. The van der Waals surface area contributed by atoms with Gasteiger partial charge in [-0.15, -0.1) is 22.7 Å². The molecule has 0 amide bonds. The predicted octanol–water partition coefficient (Wildman–Crippen LogP) is 4.17. The van der Waals surface area contributed by atoms with Gasteiger partial charge in [0.1, 0.15) is 0 Å². The fourth-order valence-corrected chi connectivity index (χ4v) is 2.91. The number of nitrogens with zero attached hydrogens (tertiary/aromatic N) is 2. The summed E-state index contributed by atoms with van der Waals surface area (Å²) >= 11 is 2.38. The van der Waals surface area contributed by atoms with Gasteiger partial charge in [-0.05, 0) is 24.1 Å². The largest absolute Gasteiger partial charge is 0.434 e. The lowest BCUT2D eigenvalue weighted by atomic mass is 10.2. The maximum atomic E-state index is 12.4. The second kappa shape index (κ2) is 4.89. The zero-order chi connectivity index (χ0) is 14.2. The number of thiazole rings is 2. The van der Waals surface area contributed by atoms with Crippen LogP contribution in [0.15, 0.2) is 29.1 Å². The Labute approximate surface area is 119 Å². The average molecular weight is 310 g/mol. The third-order valence-electron chi connectivity index (χ3n) is 2.44. The second-order valence-corrected chi connectivity index (χ2v) is 5.56. The molecule has 2 heterocycles. The van der Waals surface area contributed by atoms with Gasteiger partial charge in [-0.3, -0.25) is 0 Å². The number of aromatic nitrogens is 2. The maximum Gasteiger partial charge on any atom is 0.434 e. The third kappa shape index (κ3) is 2.66. The molecule has 3 aromatic rings. The zero-order valence-electron chi connectivity index (χ0n) is 9.73. The summed E-state index contributed by atoms with van der Waals surface area (Å²) in [6.07, 6.45) is -4.42. The van der Waals surface area contributed by atoms with E-state index in [0.29, 0.717) is 0 Å². The van der Waals surface area contributed by atoms with Crippen molar-refractivity contribution in [2.45, 2.75) is 6.18 Å². The van der Waals surface area contributed by atoms with E-state index >= 15 is 0 Å². The van der Waals surface area contributed by atoms with Crippen molar-refractivity contribution >= 4 is 32.9 Å². The third-order valence-corrected chi connectivity index (χ3v) is 3.99. The minimum Gasteiger partial charge on any atom is -0.245 e. The number of benzene rings is 1. The molecule has 100 valence electrons.